The minimum atomic E-state index is -2.58. The van der Waals surface area contributed by atoms with Crippen LogP contribution in [0, 0.1) is 0 Å². The van der Waals surface area contributed by atoms with Crippen molar-refractivity contribution in [2.45, 2.75) is 69.5 Å². The van der Waals surface area contributed by atoms with E-state index in [0.29, 0.717) is 28.9 Å². The molecule has 2 saturated heterocycles. The number of imide groups is 4. The van der Waals surface area contributed by atoms with Crippen LogP contribution in [-0.4, -0.2) is 98.1 Å². The van der Waals surface area contributed by atoms with Crippen molar-refractivity contribution in [2.75, 3.05) is 26.4 Å². The quantitative estimate of drug-likeness (QED) is 0.0680. The molecule has 8 amide bonds. The van der Waals surface area contributed by atoms with E-state index in [1.54, 1.807) is 67.5 Å². The number of rotatable bonds is 19. The summed E-state index contributed by atoms with van der Waals surface area (Å²) in [5.41, 5.74) is -3.07. The predicted octanol–water partition coefficient (Wildman–Crippen LogP) is 6.37. The van der Waals surface area contributed by atoms with Crippen molar-refractivity contribution in [1.29, 1.82) is 0 Å². The molecule has 2 atom stereocenters. The van der Waals surface area contributed by atoms with E-state index in [0.717, 1.165) is 5.69 Å². The molecule has 8 rings (SSSR count). The fraction of sp³-hybridized carbons (Fsp3) is 0.319. The number of urea groups is 2. The van der Waals surface area contributed by atoms with Gasteiger partial charge < -0.3 is 28.4 Å². The van der Waals surface area contributed by atoms with Crippen LogP contribution in [0.1, 0.15) is 63.9 Å². The fourth-order valence-corrected chi connectivity index (χ4v) is 7.94. The van der Waals surface area contributed by atoms with Crippen molar-refractivity contribution in [3.05, 3.63) is 115 Å². The number of nitrogens with zero attached hydrogens (tertiary/aromatic N) is 5. The SMILES string of the molecule is CCOCCC1(Oc2ccc(Oc3ccc(C4CCCC4)cc3)cc2)C(=O)NC(=O)N(N2C(=O)NC(=O)C(CCOCC)(Oc3ccc(Oc4ccc(-n5cnnc5)cc4)cc3)C2=O)C1=O. The summed E-state index contributed by atoms with van der Waals surface area (Å²) in [6.07, 6.45) is 6.97. The predicted molar refractivity (Wildman–Crippen MR) is 232 cm³/mol. The van der Waals surface area contributed by atoms with Crippen molar-refractivity contribution in [3.8, 4) is 40.2 Å². The van der Waals surface area contributed by atoms with E-state index in [4.69, 9.17) is 28.4 Å². The third-order valence-corrected chi connectivity index (χ3v) is 11.4. The molecule has 1 aromatic heterocycles. The number of hydrazine groups is 1. The number of amides is 8. The number of ether oxygens (including phenoxy) is 6. The standard InChI is InChI=1S/C47H47N7O12/c1-3-61-27-25-46(65-38-21-17-36(18-22-38)63-34-13-9-32(10-14-34)31-7-5-6-8-31)40(55)50-44(59)53(42(46)57)54-43(58)47(26-28-62-4-2,41(56)51-45(54)60)66-39-23-19-37(20-24-39)64-35-15-11-33(12-16-35)52-29-48-49-30-52/h9-24,29-31H,3-8,25-28H2,1-2H3,(H,50,55,59)(H,51,56,60). The highest BCUT2D eigenvalue weighted by Crippen LogP contribution is 2.37. The Labute approximate surface area is 378 Å². The molecule has 0 bridgehead atoms. The number of hydrogen-bond acceptors (Lipinski definition) is 14. The molecule has 4 aromatic carbocycles. The molecule has 2 aliphatic heterocycles. The zero-order valence-corrected chi connectivity index (χ0v) is 36.2. The summed E-state index contributed by atoms with van der Waals surface area (Å²) in [5, 5.41) is 12.0. The molecule has 3 heterocycles. The van der Waals surface area contributed by atoms with Gasteiger partial charge in [-0.05, 0) is 123 Å². The highest BCUT2D eigenvalue weighted by Gasteiger charge is 2.64. The van der Waals surface area contributed by atoms with Gasteiger partial charge in [0.05, 0.1) is 13.2 Å². The molecule has 0 radical (unpaired) electrons. The minimum Gasteiger partial charge on any atom is -0.467 e. The average molecular weight is 902 g/mol. The smallest absolute Gasteiger partial charge is 0.351 e. The topological polar surface area (TPSA) is 219 Å². The third kappa shape index (κ3) is 9.29. The van der Waals surface area contributed by atoms with Crippen molar-refractivity contribution in [1.82, 2.24) is 35.4 Å². The highest BCUT2D eigenvalue weighted by molar-refractivity contribution is 6.27. The summed E-state index contributed by atoms with van der Waals surface area (Å²) in [5.74, 6) is -2.77. The normalized spacial score (nSPS) is 20.0. The summed E-state index contributed by atoms with van der Waals surface area (Å²) in [6.45, 7) is 3.33. The van der Waals surface area contributed by atoms with Crippen LogP contribution < -0.4 is 29.6 Å². The van der Waals surface area contributed by atoms with Crippen molar-refractivity contribution < 1.29 is 57.2 Å². The first-order valence-electron chi connectivity index (χ1n) is 21.6. The first-order chi connectivity index (χ1) is 32.0. The first-order valence-corrected chi connectivity index (χ1v) is 21.6. The molecule has 2 unspecified atom stereocenters. The lowest BCUT2D eigenvalue weighted by atomic mass is 9.93. The minimum absolute atomic E-state index is 0.00342. The number of nitrogens with one attached hydrogen (secondary N) is 2. The lowest BCUT2D eigenvalue weighted by Crippen LogP contribution is -2.80. The van der Waals surface area contributed by atoms with Gasteiger partial charge in [0.2, 0.25) is 0 Å². The molecule has 3 fully saturated rings. The van der Waals surface area contributed by atoms with Crippen LogP contribution in [-0.2, 0) is 28.7 Å². The van der Waals surface area contributed by atoms with Crippen LogP contribution in [0.2, 0.25) is 0 Å². The maximum absolute atomic E-state index is 14.8. The molecule has 19 heteroatoms. The zero-order chi connectivity index (χ0) is 46.3. The fourth-order valence-electron chi connectivity index (χ4n) is 7.94. The molecule has 0 spiro atoms. The van der Waals surface area contributed by atoms with Gasteiger partial charge in [-0.15, -0.1) is 10.2 Å². The molecule has 342 valence electrons. The molecule has 3 aliphatic rings. The van der Waals surface area contributed by atoms with Gasteiger partial charge in [0.1, 0.15) is 47.2 Å². The molecule has 66 heavy (non-hydrogen) atoms. The molecule has 1 saturated carbocycles. The number of carbonyl (C=O) groups excluding carboxylic acids is 6. The van der Waals surface area contributed by atoms with Crippen molar-refractivity contribution in [3.63, 3.8) is 0 Å². The van der Waals surface area contributed by atoms with Crippen LogP contribution in [0.5, 0.6) is 34.5 Å². The maximum atomic E-state index is 14.8. The summed E-state index contributed by atoms with van der Waals surface area (Å²) in [4.78, 5) is 84.6. The van der Waals surface area contributed by atoms with Gasteiger partial charge in [-0.1, -0.05) is 25.0 Å². The van der Waals surface area contributed by atoms with Gasteiger partial charge in [0.15, 0.2) is 0 Å². The van der Waals surface area contributed by atoms with E-state index >= 15 is 0 Å². The van der Waals surface area contributed by atoms with Crippen LogP contribution in [0.15, 0.2) is 110 Å². The van der Waals surface area contributed by atoms with E-state index in [9.17, 15) is 28.8 Å². The molecular weight excluding hydrogens is 855 g/mol. The van der Waals surface area contributed by atoms with Crippen LogP contribution in [0.3, 0.4) is 0 Å². The van der Waals surface area contributed by atoms with Crippen LogP contribution in [0.4, 0.5) is 9.59 Å². The lowest BCUT2D eigenvalue weighted by Gasteiger charge is -2.45. The summed E-state index contributed by atoms with van der Waals surface area (Å²) < 4.78 is 37.1. The molecule has 2 N–H and O–H groups in total. The number of benzene rings is 4. The molecule has 1 aliphatic carbocycles. The number of barbiturate groups is 2. The monoisotopic (exact) mass is 901 g/mol. The summed E-state index contributed by atoms with van der Waals surface area (Å²) in [6, 6.07) is 24.0. The lowest BCUT2D eigenvalue weighted by molar-refractivity contribution is -0.183. The Kier molecular flexibility index (Phi) is 13.4. The number of hydrogen-bond donors (Lipinski definition) is 2. The van der Waals surface area contributed by atoms with Gasteiger partial charge in [0, 0.05) is 31.7 Å². The third-order valence-electron chi connectivity index (χ3n) is 11.4. The van der Waals surface area contributed by atoms with E-state index in [2.05, 4.69) is 33.0 Å². The number of carbonyl (C=O) groups is 6. The second-order valence-corrected chi connectivity index (χ2v) is 15.6. The Morgan fingerprint density at radius 2 is 0.924 bits per heavy atom. The Morgan fingerprint density at radius 1 is 0.545 bits per heavy atom. The first kappa shape index (κ1) is 44.9. The Morgan fingerprint density at radius 3 is 1.33 bits per heavy atom. The van der Waals surface area contributed by atoms with Gasteiger partial charge in [-0.2, -0.15) is 10.0 Å². The van der Waals surface area contributed by atoms with Gasteiger partial charge in [-0.3, -0.25) is 34.4 Å². The second kappa shape index (κ2) is 19.6. The van der Waals surface area contributed by atoms with Gasteiger partial charge >= 0.3 is 23.9 Å². The Hall–Kier alpha value is -7.64. The average Bonchev–Trinajstić information content (AvgIpc) is 4.07. The van der Waals surface area contributed by atoms with E-state index in [-0.39, 0.29) is 47.9 Å². The molecular formula is C47H47N7O12. The maximum Gasteiger partial charge on any atom is 0.351 e. The Bertz CT molecular complexity index is 2550. The largest absolute Gasteiger partial charge is 0.467 e. The molecule has 5 aromatic rings. The summed E-state index contributed by atoms with van der Waals surface area (Å²) in [7, 11) is 0. The van der Waals surface area contributed by atoms with E-state index < -0.39 is 59.7 Å². The second-order valence-electron chi connectivity index (χ2n) is 15.6. The highest BCUT2D eigenvalue weighted by atomic mass is 16.5. The van der Waals surface area contributed by atoms with Gasteiger partial charge in [-0.25, -0.2) is 9.59 Å². The van der Waals surface area contributed by atoms with Crippen LogP contribution in [0.25, 0.3) is 5.69 Å². The van der Waals surface area contributed by atoms with E-state index in [1.165, 1.54) is 67.6 Å². The van der Waals surface area contributed by atoms with E-state index in [1.807, 2.05) is 12.1 Å². The van der Waals surface area contributed by atoms with Crippen molar-refractivity contribution in [2.24, 2.45) is 0 Å². The van der Waals surface area contributed by atoms with Gasteiger partial charge in [0.25, 0.3) is 23.0 Å². The zero-order valence-electron chi connectivity index (χ0n) is 36.2. The summed E-state index contributed by atoms with van der Waals surface area (Å²) >= 11 is 0. The van der Waals surface area contributed by atoms with Crippen molar-refractivity contribution >= 4 is 35.7 Å². The Balaban J connectivity index is 1.03. The number of aromatic nitrogens is 3. The van der Waals surface area contributed by atoms with Crippen LogP contribution >= 0.6 is 0 Å². The molecule has 19 nitrogen and oxygen atoms in total.